The minimum atomic E-state index is -1.40. The normalized spacial score (nSPS) is 10.5. The van der Waals surface area contributed by atoms with Crippen molar-refractivity contribution in [3.63, 3.8) is 0 Å². The maximum Gasteiger partial charge on any atom is 0.341 e. The van der Waals surface area contributed by atoms with E-state index in [4.69, 9.17) is 10.5 Å². The van der Waals surface area contributed by atoms with Crippen LogP contribution in [0.4, 0.5) is 5.82 Å². The average molecular weight is 350 g/mol. The number of benzene rings is 1. The second kappa shape index (κ2) is 6.22. The Bertz CT molecular complexity index is 1140. The van der Waals surface area contributed by atoms with Gasteiger partial charge >= 0.3 is 5.97 Å². The van der Waals surface area contributed by atoms with Crippen molar-refractivity contribution in [1.29, 1.82) is 5.26 Å². The van der Waals surface area contributed by atoms with Gasteiger partial charge in [0.2, 0.25) is 5.43 Å². The highest BCUT2D eigenvalue weighted by Crippen LogP contribution is 2.37. The lowest BCUT2D eigenvalue weighted by molar-refractivity contribution is 0.0695. The highest BCUT2D eigenvalue weighted by molar-refractivity contribution is 5.97. The second-order valence-corrected chi connectivity index (χ2v) is 5.59. The molecule has 1 aromatic carbocycles. The highest BCUT2D eigenvalue weighted by Gasteiger charge is 2.21. The van der Waals surface area contributed by atoms with E-state index in [1.807, 2.05) is 6.19 Å². The standard InChI is InChI=1S/C18H14N4O4/c1-9-15(10-3-4-14(20)21-6-10)13(26-2)5-11-16(9)22(8-19)7-12(17(11)23)18(24)25/h3-7H,1-2H3,(H2,20,21)(H,24,25). The molecule has 0 atom stereocenters. The number of hydrogen-bond acceptors (Lipinski definition) is 6. The number of pyridine rings is 2. The Labute approximate surface area is 147 Å². The lowest BCUT2D eigenvalue weighted by Gasteiger charge is -2.16. The first-order valence-electron chi connectivity index (χ1n) is 7.51. The number of ether oxygens (including phenoxy) is 1. The van der Waals surface area contributed by atoms with Gasteiger partial charge in [-0.3, -0.25) is 9.36 Å². The number of aryl methyl sites for hydroxylation is 1. The van der Waals surface area contributed by atoms with Crippen LogP contribution in [0.3, 0.4) is 0 Å². The zero-order valence-corrected chi connectivity index (χ0v) is 14.0. The van der Waals surface area contributed by atoms with Crippen molar-refractivity contribution in [2.45, 2.75) is 6.92 Å². The third-order valence-electron chi connectivity index (χ3n) is 4.13. The van der Waals surface area contributed by atoms with Gasteiger partial charge < -0.3 is 15.6 Å². The van der Waals surface area contributed by atoms with Crippen molar-refractivity contribution in [2.24, 2.45) is 0 Å². The molecule has 26 heavy (non-hydrogen) atoms. The molecule has 8 heteroatoms. The number of rotatable bonds is 3. The number of methoxy groups -OCH3 is 1. The van der Waals surface area contributed by atoms with Gasteiger partial charge in [0.15, 0.2) is 6.19 Å². The molecule has 8 nitrogen and oxygen atoms in total. The SMILES string of the molecule is COc1cc2c(=O)c(C(=O)O)cn(C#N)c2c(C)c1-c1ccc(N)nc1. The molecule has 0 aliphatic heterocycles. The van der Waals surface area contributed by atoms with Crippen LogP contribution >= 0.6 is 0 Å². The number of nitrogen functional groups attached to an aromatic ring is 1. The van der Waals surface area contributed by atoms with Gasteiger partial charge in [0.25, 0.3) is 0 Å². The summed E-state index contributed by atoms with van der Waals surface area (Å²) in [5.74, 6) is -0.679. The first kappa shape index (κ1) is 17.0. The zero-order valence-electron chi connectivity index (χ0n) is 14.0. The lowest BCUT2D eigenvalue weighted by Crippen LogP contribution is -2.18. The minimum absolute atomic E-state index is 0.0907. The van der Waals surface area contributed by atoms with Crippen LogP contribution in [0.2, 0.25) is 0 Å². The van der Waals surface area contributed by atoms with Crippen LogP contribution in [0.1, 0.15) is 15.9 Å². The van der Waals surface area contributed by atoms with E-state index >= 15 is 0 Å². The van der Waals surface area contributed by atoms with Crippen LogP contribution in [0.5, 0.6) is 5.75 Å². The molecular weight excluding hydrogens is 336 g/mol. The summed E-state index contributed by atoms with van der Waals surface area (Å²) in [6.45, 7) is 1.73. The second-order valence-electron chi connectivity index (χ2n) is 5.59. The maximum absolute atomic E-state index is 12.6. The summed E-state index contributed by atoms with van der Waals surface area (Å²) < 4.78 is 6.48. The molecule has 0 aliphatic rings. The van der Waals surface area contributed by atoms with Gasteiger partial charge in [-0.05, 0) is 30.7 Å². The number of carboxylic acid groups (broad SMARTS) is 1. The van der Waals surface area contributed by atoms with Crippen LogP contribution in [-0.2, 0) is 0 Å². The predicted octanol–water partition coefficient (Wildman–Crippen LogP) is 1.99. The van der Waals surface area contributed by atoms with Gasteiger partial charge in [-0.2, -0.15) is 5.26 Å². The third kappa shape index (κ3) is 2.52. The number of anilines is 1. The summed E-state index contributed by atoms with van der Waals surface area (Å²) in [5.41, 5.74) is 6.69. The summed E-state index contributed by atoms with van der Waals surface area (Å²) in [6.07, 6.45) is 4.48. The van der Waals surface area contributed by atoms with Gasteiger partial charge in [0.1, 0.15) is 17.1 Å². The molecule has 0 radical (unpaired) electrons. The summed E-state index contributed by atoms with van der Waals surface area (Å²) >= 11 is 0. The highest BCUT2D eigenvalue weighted by atomic mass is 16.5. The molecular formula is C18H14N4O4. The fraction of sp³-hybridized carbons (Fsp3) is 0.111. The quantitative estimate of drug-likeness (QED) is 0.738. The molecule has 0 unspecified atom stereocenters. The molecule has 3 N–H and O–H groups in total. The van der Waals surface area contributed by atoms with E-state index < -0.39 is 17.0 Å². The fourth-order valence-electron chi connectivity index (χ4n) is 2.96. The van der Waals surface area contributed by atoms with Crippen molar-refractivity contribution >= 4 is 22.7 Å². The average Bonchev–Trinajstić information content (AvgIpc) is 2.62. The predicted molar refractivity (Wildman–Crippen MR) is 95.1 cm³/mol. The summed E-state index contributed by atoms with van der Waals surface area (Å²) in [4.78, 5) is 27.9. The van der Waals surface area contributed by atoms with Crippen molar-refractivity contribution in [1.82, 2.24) is 9.55 Å². The number of aromatic nitrogens is 2. The van der Waals surface area contributed by atoms with Crippen molar-refractivity contribution in [3.8, 4) is 23.1 Å². The fourth-order valence-corrected chi connectivity index (χ4v) is 2.96. The molecule has 0 amide bonds. The smallest absolute Gasteiger partial charge is 0.341 e. The van der Waals surface area contributed by atoms with Gasteiger partial charge in [-0.15, -0.1) is 0 Å². The zero-order chi connectivity index (χ0) is 19.0. The Morgan fingerprint density at radius 3 is 2.69 bits per heavy atom. The molecule has 0 fully saturated rings. The van der Waals surface area contributed by atoms with E-state index in [0.29, 0.717) is 33.8 Å². The summed E-state index contributed by atoms with van der Waals surface area (Å²) in [5, 5.41) is 18.8. The maximum atomic E-state index is 12.6. The van der Waals surface area contributed by atoms with E-state index in [1.165, 1.54) is 13.2 Å². The van der Waals surface area contributed by atoms with Crippen LogP contribution in [0, 0.1) is 18.4 Å². The number of nitriles is 1. The molecule has 2 aromatic heterocycles. The van der Waals surface area contributed by atoms with E-state index in [1.54, 1.807) is 25.3 Å². The van der Waals surface area contributed by atoms with E-state index in [9.17, 15) is 20.0 Å². The molecule has 3 aromatic rings. The molecule has 0 spiro atoms. The van der Waals surface area contributed by atoms with Crippen LogP contribution in [0.15, 0.2) is 35.4 Å². The van der Waals surface area contributed by atoms with E-state index in [-0.39, 0.29) is 5.39 Å². The van der Waals surface area contributed by atoms with Gasteiger partial charge in [0, 0.05) is 23.5 Å². The molecule has 0 saturated carbocycles. The van der Waals surface area contributed by atoms with E-state index in [0.717, 1.165) is 10.8 Å². The Morgan fingerprint density at radius 1 is 1.42 bits per heavy atom. The lowest BCUT2D eigenvalue weighted by atomic mass is 9.96. The van der Waals surface area contributed by atoms with Crippen LogP contribution in [0.25, 0.3) is 22.0 Å². The Morgan fingerprint density at radius 2 is 2.15 bits per heavy atom. The van der Waals surface area contributed by atoms with Crippen LogP contribution in [-0.4, -0.2) is 27.7 Å². The molecule has 3 rings (SSSR count). The number of nitrogens with two attached hydrogens (primary N) is 1. The first-order valence-corrected chi connectivity index (χ1v) is 7.51. The van der Waals surface area contributed by atoms with Crippen molar-refractivity contribution < 1.29 is 14.6 Å². The summed E-state index contributed by atoms with van der Waals surface area (Å²) in [7, 11) is 1.44. The van der Waals surface area contributed by atoms with Crippen molar-refractivity contribution in [2.75, 3.05) is 12.8 Å². The van der Waals surface area contributed by atoms with Crippen molar-refractivity contribution in [3.05, 3.63) is 51.9 Å². The molecule has 2 heterocycles. The molecule has 0 bridgehead atoms. The Balaban J connectivity index is 2.50. The van der Waals surface area contributed by atoms with E-state index in [2.05, 4.69) is 4.98 Å². The number of carbonyl (C=O) groups is 1. The number of hydrogen-bond donors (Lipinski definition) is 2. The van der Waals surface area contributed by atoms with Gasteiger partial charge in [-0.25, -0.2) is 9.78 Å². The molecule has 0 aliphatic carbocycles. The number of carboxylic acids is 1. The largest absolute Gasteiger partial charge is 0.496 e. The van der Waals surface area contributed by atoms with Gasteiger partial charge in [-0.1, -0.05) is 0 Å². The molecule has 0 saturated heterocycles. The van der Waals surface area contributed by atoms with Gasteiger partial charge in [0.05, 0.1) is 18.0 Å². The Kier molecular flexibility index (Phi) is 4.06. The topological polar surface area (TPSA) is 131 Å². The Hall–Kier alpha value is -3.86. The van der Waals surface area contributed by atoms with Crippen LogP contribution < -0.4 is 15.9 Å². The first-order chi connectivity index (χ1) is 12.4. The monoisotopic (exact) mass is 350 g/mol. The minimum Gasteiger partial charge on any atom is -0.496 e. The number of fused-ring (bicyclic) bond motifs is 1. The molecule has 130 valence electrons. The summed E-state index contributed by atoms with van der Waals surface area (Å²) in [6, 6.07) is 4.82. The third-order valence-corrected chi connectivity index (χ3v) is 4.13. The number of aromatic carboxylic acids is 1. The number of nitrogens with zero attached hydrogens (tertiary/aromatic N) is 3.